The smallest absolute Gasteiger partial charge is 0.323 e. The number of carbonyl (C=O) groups is 1. The molecule has 37 heavy (non-hydrogen) atoms. The maximum Gasteiger partial charge on any atom is 0.323 e. The predicted octanol–water partition coefficient (Wildman–Crippen LogP) is 7.10. The van der Waals surface area contributed by atoms with Gasteiger partial charge in [-0.3, -0.25) is 4.79 Å². The zero-order chi connectivity index (χ0) is 29.8. The van der Waals surface area contributed by atoms with E-state index in [2.05, 4.69) is 98.2 Å². The van der Waals surface area contributed by atoms with Gasteiger partial charge in [-0.15, -0.1) is 0 Å². The van der Waals surface area contributed by atoms with Crippen LogP contribution in [0.25, 0.3) is 0 Å². The van der Waals surface area contributed by atoms with E-state index in [9.17, 15) is 4.79 Å². The highest BCUT2D eigenvalue weighted by atomic mass is 28.4. The Hall–Kier alpha value is 0.571. The second-order valence-corrected chi connectivity index (χ2v) is 42.6. The molecule has 0 unspecified atom stereocenters. The van der Waals surface area contributed by atoms with Crippen molar-refractivity contribution in [3.8, 4) is 0 Å². The first-order valence-corrected chi connectivity index (χ1v) is 34.0. The molecule has 0 rings (SSSR count). The van der Waals surface area contributed by atoms with Gasteiger partial charge in [0.1, 0.15) is 12.2 Å². The van der Waals surface area contributed by atoms with Crippen LogP contribution in [0.1, 0.15) is 0 Å². The van der Waals surface area contributed by atoms with Crippen LogP contribution in [0.3, 0.4) is 0 Å². The molecule has 0 spiro atoms. The Balaban J connectivity index is 7.03. The molecule has 4 atom stereocenters. The summed E-state index contributed by atoms with van der Waals surface area (Å²) in [6.07, 6.45) is -2.48. The molecule has 0 heterocycles. The van der Waals surface area contributed by atoms with Crippen molar-refractivity contribution in [2.45, 2.75) is 142 Å². The maximum absolute atomic E-state index is 13.8. The fourth-order valence-corrected chi connectivity index (χ4v) is 9.11. The van der Waals surface area contributed by atoms with Crippen LogP contribution in [0.5, 0.6) is 0 Å². The summed E-state index contributed by atoms with van der Waals surface area (Å²) in [6, 6.07) is 0. The van der Waals surface area contributed by atoms with E-state index in [0.717, 1.165) is 0 Å². The molecule has 0 aromatic heterocycles. The van der Waals surface area contributed by atoms with Crippen molar-refractivity contribution in [1.29, 1.82) is 0 Å². The SMILES string of the molecule is C[Si](C)(C)OC[C@H](O[Si](C)(C)C)[C@H](O[Si](C)(C)C)[C@H](O[Si](C)(C)C)[C@@H](O[Si](C)(C)C)C(=O)O[Si](C)(C)C. The number of carbonyl (C=O) groups excluding carboxylic acids is 1. The van der Waals surface area contributed by atoms with Crippen LogP contribution in [0.15, 0.2) is 0 Å². The summed E-state index contributed by atoms with van der Waals surface area (Å²) in [5, 5.41) is 0. The molecule has 0 saturated carbocycles. The monoisotopic (exact) mass is 628 g/mol. The molecule has 0 N–H and O–H groups in total. The van der Waals surface area contributed by atoms with E-state index < -0.39 is 68.2 Å². The number of rotatable bonds is 16. The summed E-state index contributed by atoms with van der Waals surface area (Å²) in [7, 11) is -12.5. The Morgan fingerprint density at radius 2 is 0.865 bits per heavy atom. The standard InChI is InChI=1S/C24H60O7Si6/c1-32(2,3)26-19-20(27-33(4,5)6)21(28-34(7,8)9)22(29-35(10,11)12)23(30-36(13,14)15)24(25)31-37(16,17)18/h20-23H,19H2,1-18H3/t20-,21-,22-,23+/m0/s1. The highest BCUT2D eigenvalue weighted by molar-refractivity contribution is 6.72. The van der Waals surface area contributed by atoms with Gasteiger partial charge in [-0.25, -0.2) is 0 Å². The summed E-state index contributed by atoms with van der Waals surface area (Å²) in [5.74, 6) is -0.355. The van der Waals surface area contributed by atoms with Crippen LogP contribution in [0.2, 0.25) is 118 Å². The highest BCUT2D eigenvalue weighted by Crippen LogP contribution is 2.29. The molecule has 0 aliphatic rings. The largest absolute Gasteiger partial charge is 0.518 e. The average Bonchev–Trinajstić information content (AvgIpc) is 2.54. The van der Waals surface area contributed by atoms with Gasteiger partial charge in [0.15, 0.2) is 47.7 Å². The molecule has 0 aromatic carbocycles. The van der Waals surface area contributed by atoms with E-state index in [1.54, 1.807) is 0 Å². The lowest BCUT2D eigenvalue weighted by molar-refractivity contribution is -0.155. The van der Waals surface area contributed by atoms with Crippen molar-refractivity contribution in [3.05, 3.63) is 0 Å². The molecular weight excluding hydrogens is 569 g/mol. The Morgan fingerprint density at radius 3 is 1.19 bits per heavy atom. The van der Waals surface area contributed by atoms with Gasteiger partial charge >= 0.3 is 5.97 Å². The van der Waals surface area contributed by atoms with Gasteiger partial charge in [-0.1, -0.05) is 0 Å². The Bertz CT molecular complexity index is 710. The van der Waals surface area contributed by atoms with E-state index in [4.69, 9.17) is 26.6 Å². The van der Waals surface area contributed by atoms with Crippen molar-refractivity contribution in [2.24, 2.45) is 0 Å². The van der Waals surface area contributed by atoms with Gasteiger partial charge in [0.05, 0.1) is 12.7 Å². The van der Waals surface area contributed by atoms with Gasteiger partial charge in [0.2, 0.25) is 8.32 Å². The fraction of sp³-hybridized carbons (Fsp3) is 0.958. The second-order valence-electron chi connectivity index (χ2n) is 15.8. The van der Waals surface area contributed by atoms with Crippen molar-refractivity contribution in [3.63, 3.8) is 0 Å². The minimum atomic E-state index is -2.18. The first kappa shape index (κ1) is 37.6. The molecule has 0 saturated heterocycles. The molecule has 7 nitrogen and oxygen atoms in total. The van der Waals surface area contributed by atoms with Gasteiger partial charge in [0, 0.05) is 0 Å². The molecule has 0 aliphatic heterocycles. The third-order valence-corrected chi connectivity index (χ3v) is 10.0. The number of hydrogen-bond acceptors (Lipinski definition) is 7. The molecule has 0 fully saturated rings. The quantitative estimate of drug-likeness (QED) is 0.169. The molecule has 0 radical (unpaired) electrons. The van der Waals surface area contributed by atoms with Gasteiger partial charge in [-0.2, -0.15) is 0 Å². The maximum atomic E-state index is 13.8. The van der Waals surface area contributed by atoms with Crippen LogP contribution < -0.4 is 0 Å². The highest BCUT2D eigenvalue weighted by Gasteiger charge is 2.48. The van der Waals surface area contributed by atoms with Crippen molar-refractivity contribution in [2.75, 3.05) is 6.61 Å². The fourth-order valence-electron chi connectivity index (χ4n) is 3.44. The average molecular weight is 629 g/mol. The number of hydrogen-bond donors (Lipinski definition) is 0. The van der Waals surface area contributed by atoms with Crippen molar-refractivity contribution >= 4 is 55.9 Å². The molecule has 0 bridgehead atoms. The van der Waals surface area contributed by atoms with E-state index in [1.807, 2.05) is 19.6 Å². The van der Waals surface area contributed by atoms with E-state index in [1.165, 1.54) is 0 Å². The van der Waals surface area contributed by atoms with Crippen LogP contribution in [-0.4, -0.2) is 86.9 Å². The Kier molecular flexibility index (Phi) is 13.7. The minimum Gasteiger partial charge on any atom is -0.518 e. The van der Waals surface area contributed by atoms with Gasteiger partial charge in [-0.05, 0) is 118 Å². The zero-order valence-corrected chi connectivity index (χ0v) is 33.4. The minimum absolute atomic E-state index is 0.355. The van der Waals surface area contributed by atoms with Gasteiger partial charge < -0.3 is 26.6 Å². The first-order chi connectivity index (χ1) is 16.0. The summed E-state index contributed by atoms with van der Waals surface area (Å²) < 4.78 is 39.6. The normalized spacial score (nSPS) is 17.8. The van der Waals surface area contributed by atoms with Crippen molar-refractivity contribution in [1.82, 2.24) is 0 Å². The molecular formula is C24H60O7Si6. The summed E-state index contributed by atoms with van der Waals surface area (Å²) in [4.78, 5) is 13.8. The van der Waals surface area contributed by atoms with E-state index >= 15 is 0 Å². The molecule has 0 aromatic rings. The second kappa shape index (κ2) is 13.5. The molecule has 13 heteroatoms. The molecule has 0 amide bonds. The van der Waals surface area contributed by atoms with E-state index in [-0.39, 0.29) is 12.1 Å². The lowest BCUT2D eigenvalue weighted by Crippen LogP contribution is -2.61. The van der Waals surface area contributed by atoms with Crippen LogP contribution >= 0.6 is 0 Å². The molecule has 222 valence electrons. The third kappa shape index (κ3) is 19.3. The summed E-state index contributed by atoms with van der Waals surface area (Å²) >= 11 is 0. The topological polar surface area (TPSA) is 72.5 Å². The van der Waals surface area contributed by atoms with Gasteiger partial charge in [0.25, 0.3) is 0 Å². The zero-order valence-electron chi connectivity index (χ0n) is 27.4. The van der Waals surface area contributed by atoms with Crippen molar-refractivity contribution < 1.29 is 31.4 Å². The third-order valence-electron chi connectivity index (χ3n) is 4.27. The van der Waals surface area contributed by atoms with Crippen LogP contribution in [0.4, 0.5) is 0 Å². The summed E-state index contributed by atoms with van der Waals surface area (Å²) in [6.45, 7) is 38.6. The Labute approximate surface area is 235 Å². The molecule has 0 aliphatic carbocycles. The van der Waals surface area contributed by atoms with E-state index in [0.29, 0.717) is 6.61 Å². The lowest BCUT2D eigenvalue weighted by atomic mass is 10.0. The van der Waals surface area contributed by atoms with Crippen LogP contribution in [-0.2, 0) is 31.4 Å². The Morgan fingerprint density at radius 1 is 0.486 bits per heavy atom. The lowest BCUT2D eigenvalue weighted by Gasteiger charge is -2.45. The summed E-state index contributed by atoms with van der Waals surface area (Å²) in [5.41, 5.74) is 0. The first-order valence-electron chi connectivity index (χ1n) is 13.6. The van der Waals surface area contributed by atoms with Crippen LogP contribution in [0, 0.1) is 0 Å². The predicted molar refractivity (Wildman–Crippen MR) is 172 cm³/mol.